The molecule has 0 aliphatic rings. The van der Waals surface area contributed by atoms with E-state index in [9.17, 15) is 9.59 Å². The van der Waals surface area contributed by atoms with Crippen molar-refractivity contribution in [3.63, 3.8) is 0 Å². The van der Waals surface area contributed by atoms with Crippen molar-refractivity contribution in [1.29, 1.82) is 0 Å². The predicted octanol–water partition coefficient (Wildman–Crippen LogP) is 3.47. The lowest BCUT2D eigenvalue weighted by atomic mass is 10.1. The Balaban J connectivity index is 1.46. The highest BCUT2D eigenvalue weighted by Crippen LogP contribution is 2.24. The standard InChI is InChI=1S/C20H20N4O3S/c1-13-8-9-16(10-14(13)2)18-23-24-20(27-18)28-12-17(25)22-19(26)21-11-15-6-4-3-5-7-15/h3-10H,11-12H2,1-2H3,(H2,21,22,25,26). The Morgan fingerprint density at radius 2 is 1.82 bits per heavy atom. The fraction of sp³-hybridized carbons (Fsp3) is 0.200. The minimum Gasteiger partial charge on any atom is -0.411 e. The third-order valence-electron chi connectivity index (χ3n) is 4.04. The molecule has 28 heavy (non-hydrogen) atoms. The molecule has 2 N–H and O–H groups in total. The summed E-state index contributed by atoms with van der Waals surface area (Å²) in [5.74, 6) is -0.0547. The molecule has 144 valence electrons. The molecule has 7 nitrogen and oxygen atoms in total. The van der Waals surface area contributed by atoms with E-state index in [1.807, 2.05) is 62.4 Å². The van der Waals surface area contributed by atoms with E-state index in [1.165, 1.54) is 5.56 Å². The van der Waals surface area contributed by atoms with Crippen molar-refractivity contribution < 1.29 is 14.0 Å². The highest BCUT2D eigenvalue weighted by atomic mass is 32.2. The summed E-state index contributed by atoms with van der Waals surface area (Å²) in [6, 6.07) is 14.8. The Morgan fingerprint density at radius 3 is 2.57 bits per heavy atom. The predicted molar refractivity (Wildman–Crippen MR) is 107 cm³/mol. The molecule has 2 aromatic carbocycles. The fourth-order valence-electron chi connectivity index (χ4n) is 2.37. The monoisotopic (exact) mass is 396 g/mol. The maximum atomic E-state index is 11.9. The Hall–Kier alpha value is -3.13. The number of rotatable bonds is 6. The van der Waals surface area contributed by atoms with Gasteiger partial charge < -0.3 is 9.73 Å². The van der Waals surface area contributed by atoms with Crippen LogP contribution in [0.25, 0.3) is 11.5 Å². The number of hydrogen-bond donors (Lipinski definition) is 2. The van der Waals surface area contributed by atoms with Gasteiger partial charge in [-0.3, -0.25) is 10.1 Å². The van der Waals surface area contributed by atoms with Crippen LogP contribution in [0.15, 0.2) is 58.2 Å². The van der Waals surface area contributed by atoms with Gasteiger partial charge in [-0.2, -0.15) is 0 Å². The summed E-state index contributed by atoms with van der Waals surface area (Å²) in [7, 11) is 0. The van der Waals surface area contributed by atoms with E-state index in [4.69, 9.17) is 4.42 Å². The first-order valence-electron chi connectivity index (χ1n) is 8.67. The second-order valence-electron chi connectivity index (χ2n) is 6.18. The average Bonchev–Trinajstić information content (AvgIpc) is 3.17. The summed E-state index contributed by atoms with van der Waals surface area (Å²) in [5, 5.41) is 13.1. The molecular formula is C20H20N4O3S. The first-order valence-corrected chi connectivity index (χ1v) is 9.65. The smallest absolute Gasteiger partial charge is 0.321 e. The van der Waals surface area contributed by atoms with E-state index >= 15 is 0 Å². The molecule has 3 aromatic rings. The minimum absolute atomic E-state index is 0.00663. The van der Waals surface area contributed by atoms with E-state index in [-0.39, 0.29) is 11.0 Å². The molecule has 0 fully saturated rings. The average molecular weight is 396 g/mol. The van der Waals surface area contributed by atoms with E-state index in [2.05, 4.69) is 20.8 Å². The van der Waals surface area contributed by atoms with Crippen molar-refractivity contribution in [2.24, 2.45) is 0 Å². The summed E-state index contributed by atoms with van der Waals surface area (Å²) in [6.07, 6.45) is 0. The SMILES string of the molecule is Cc1ccc(-c2nnc(SCC(=O)NC(=O)NCc3ccccc3)o2)cc1C. The highest BCUT2D eigenvalue weighted by molar-refractivity contribution is 7.99. The summed E-state index contributed by atoms with van der Waals surface area (Å²) in [5.41, 5.74) is 4.09. The Kier molecular flexibility index (Phi) is 6.44. The number of hydrogen-bond acceptors (Lipinski definition) is 6. The van der Waals surface area contributed by atoms with Crippen LogP contribution in [0.2, 0.25) is 0 Å². The van der Waals surface area contributed by atoms with E-state index in [1.54, 1.807) is 0 Å². The zero-order chi connectivity index (χ0) is 19.9. The third kappa shape index (κ3) is 5.43. The number of aromatic nitrogens is 2. The number of aryl methyl sites for hydroxylation is 2. The van der Waals surface area contributed by atoms with Gasteiger partial charge in [-0.05, 0) is 42.7 Å². The fourth-order valence-corrected chi connectivity index (χ4v) is 2.93. The molecule has 8 heteroatoms. The van der Waals surface area contributed by atoms with Crippen LogP contribution in [0.5, 0.6) is 0 Å². The number of nitrogens with one attached hydrogen (secondary N) is 2. The zero-order valence-electron chi connectivity index (χ0n) is 15.6. The van der Waals surface area contributed by atoms with Gasteiger partial charge in [0, 0.05) is 12.1 Å². The molecule has 0 aliphatic heterocycles. The van der Waals surface area contributed by atoms with Gasteiger partial charge in [0.05, 0.1) is 5.75 Å². The molecule has 1 heterocycles. The number of benzene rings is 2. The Bertz CT molecular complexity index is 973. The van der Waals surface area contributed by atoms with Gasteiger partial charge in [0.1, 0.15) is 0 Å². The van der Waals surface area contributed by atoms with Gasteiger partial charge in [0.25, 0.3) is 5.22 Å². The molecule has 3 rings (SSSR count). The van der Waals surface area contributed by atoms with Crippen molar-refractivity contribution in [3.05, 3.63) is 65.2 Å². The Morgan fingerprint density at radius 1 is 1.04 bits per heavy atom. The van der Waals surface area contributed by atoms with Crippen LogP contribution in [0.3, 0.4) is 0 Å². The first kappa shape index (κ1) is 19.6. The number of thioether (sulfide) groups is 1. The van der Waals surface area contributed by atoms with Gasteiger partial charge in [-0.1, -0.05) is 48.2 Å². The highest BCUT2D eigenvalue weighted by Gasteiger charge is 2.13. The second kappa shape index (κ2) is 9.18. The van der Waals surface area contributed by atoms with E-state index < -0.39 is 11.9 Å². The quantitative estimate of drug-likeness (QED) is 0.619. The van der Waals surface area contributed by atoms with Gasteiger partial charge in [0.2, 0.25) is 11.8 Å². The third-order valence-corrected chi connectivity index (χ3v) is 4.85. The van der Waals surface area contributed by atoms with Crippen molar-refractivity contribution in [2.45, 2.75) is 25.6 Å². The summed E-state index contributed by atoms with van der Waals surface area (Å²) < 4.78 is 5.59. The van der Waals surface area contributed by atoms with Gasteiger partial charge >= 0.3 is 6.03 Å². The largest absolute Gasteiger partial charge is 0.411 e. The minimum atomic E-state index is -0.546. The molecule has 0 spiro atoms. The molecule has 0 bridgehead atoms. The second-order valence-corrected chi connectivity index (χ2v) is 7.10. The van der Waals surface area contributed by atoms with Crippen LogP contribution in [0.4, 0.5) is 4.79 Å². The maximum absolute atomic E-state index is 11.9. The first-order chi connectivity index (χ1) is 13.5. The van der Waals surface area contributed by atoms with Gasteiger partial charge in [-0.15, -0.1) is 10.2 Å². The normalized spacial score (nSPS) is 10.5. The molecule has 0 atom stereocenters. The number of carbonyl (C=O) groups excluding carboxylic acids is 2. The van der Waals surface area contributed by atoms with Crippen LogP contribution in [0.1, 0.15) is 16.7 Å². The number of carbonyl (C=O) groups is 2. The molecule has 0 aliphatic carbocycles. The van der Waals surface area contributed by atoms with Crippen molar-refractivity contribution >= 4 is 23.7 Å². The maximum Gasteiger partial charge on any atom is 0.321 e. The van der Waals surface area contributed by atoms with Crippen LogP contribution < -0.4 is 10.6 Å². The molecule has 0 saturated heterocycles. The molecular weight excluding hydrogens is 376 g/mol. The molecule has 0 saturated carbocycles. The summed E-state index contributed by atoms with van der Waals surface area (Å²) >= 11 is 1.08. The van der Waals surface area contributed by atoms with E-state index in [0.29, 0.717) is 12.4 Å². The van der Waals surface area contributed by atoms with Gasteiger partial charge in [-0.25, -0.2) is 4.79 Å². The number of urea groups is 1. The van der Waals surface area contributed by atoms with Crippen LogP contribution in [-0.4, -0.2) is 27.9 Å². The van der Waals surface area contributed by atoms with Crippen molar-refractivity contribution in [1.82, 2.24) is 20.8 Å². The summed E-state index contributed by atoms with van der Waals surface area (Å²) in [6.45, 7) is 4.39. The number of imide groups is 1. The number of nitrogens with zero attached hydrogens (tertiary/aromatic N) is 2. The van der Waals surface area contributed by atoms with E-state index in [0.717, 1.165) is 28.5 Å². The summed E-state index contributed by atoms with van der Waals surface area (Å²) in [4.78, 5) is 23.7. The molecule has 1 aromatic heterocycles. The Labute approximate surface area is 166 Å². The van der Waals surface area contributed by atoms with Crippen molar-refractivity contribution in [2.75, 3.05) is 5.75 Å². The number of amides is 3. The lowest BCUT2D eigenvalue weighted by molar-refractivity contribution is -0.117. The van der Waals surface area contributed by atoms with Crippen LogP contribution in [0, 0.1) is 13.8 Å². The zero-order valence-corrected chi connectivity index (χ0v) is 16.4. The topological polar surface area (TPSA) is 97.1 Å². The molecule has 3 amide bonds. The lowest BCUT2D eigenvalue weighted by Crippen LogP contribution is -2.39. The van der Waals surface area contributed by atoms with Gasteiger partial charge in [0.15, 0.2) is 0 Å². The van der Waals surface area contributed by atoms with Crippen molar-refractivity contribution in [3.8, 4) is 11.5 Å². The lowest BCUT2D eigenvalue weighted by Gasteiger charge is -2.06. The van der Waals surface area contributed by atoms with Crippen LogP contribution >= 0.6 is 11.8 Å². The molecule has 0 unspecified atom stereocenters. The molecule has 0 radical (unpaired) electrons. The van der Waals surface area contributed by atoms with Crippen LogP contribution in [-0.2, 0) is 11.3 Å².